The van der Waals surface area contributed by atoms with E-state index >= 15 is 0 Å². The number of hydrogen-bond acceptors (Lipinski definition) is 0. The molecule has 62 heavy (non-hydrogen) atoms. The van der Waals surface area contributed by atoms with Crippen LogP contribution in [-0.4, -0.2) is 0 Å². The van der Waals surface area contributed by atoms with Crippen LogP contribution in [0.2, 0.25) is 0 Å². The fraction of sp³-hybridized carbons (Fsp3) is 0.0323. The van der Waals surface area contributed by atoms with Gasteiger partial charge in [0.1, 0.15) is 0 Å². The summed E-state index contributed by atoms with van der Waals surface area (Å²) < 4.78 is 0. The summed E-state index contributed by atoms with van der Waals surface area (Å²) in [5.74, 6) is 0. The van der Waals surface area contributed by atoms with Crippen LogP contribution in [0.1, 0.15) is 11.1 Å². The molecule has 0 aliphatic heterocycles. The molecule has 0 heteroatoms. The molecule has 0 aliphatic rings. The summed E-state index contributed by atoms with van der Waals surface area (Å²) in [5, 5.41) is 15.3. The first-order valence-electron chi connectivity index (χ1n) is 21.7. The van der Waals surface area contributed by atoms with Crippen molar-refractivity contribution in [3.05, 3.63) is 230 Å². The van der Waals surface area contributed by atoms with Gasteiger partial charge in [0, 0.05) is 0 Å². The molecular formula is C62H42. The summed E-state index contributed by atoms with van der Waals surface area (Å²) in [6.45, 7) is 4.60. The van der Waals surface area contributed by atoms with Gasteiger partial charge in [-0.25, -0.2) is 0 Å². The molecule has 0 saturated carbocycles. The molecule has 12 aromatic rings. The van der Waals surface area contributed by atoms with E-state index in [1.165, 1.54) is 131 Å². The van der Waals surface area contributed by atoms with E-state index < -0.39 is 0 Å². The van der Waals surface area contributed by atoms with E-state index in [9.17, 15) is 0 Å². The maximum absolute atomic E-state index is 2.50. The Kier molecular flexibility index (Phi) is 8.40. The van der Waals surface area contributed by atoms with Gasteiger partial charge in [0.15, 0.2) is 0 Å². The van der Waals surface area contributed by atoms with Crippen LogP contribution in [0.15, 0.2) is 218 Å². The largest absolute Gasteiger partial charge is 0.0622 e. The minimum absolute atomic E-state index is 1.22. The van der Waals surface area contributed by atoms with E-state index in [1.54, 1.807) is 0 Å². The third-order valence-electron chi connectivity index (χ3n) is 13.3. The molecule has 290 valence electrons. The summed E-state index contributed by atoms with van der Waals surface area (Å²) in [7, 11) is 0. The molecule has 0 nitrogen and oxygen atoms in total. The standard InChI is InChI=1S/C62H42/c1-39-31-55-53(43-23-11-5-12-24-43)37-58-48-30-18-16-28-46(48)52(42-21-9-4-10-22-42)36-62(58)60(55)34-50(39)49-33-59-54(44-25-13-6-14-26-44)38-57-47-29-17-15-27-45(47)51(41-19-7-3-8-20-41)35-61(57)56(59)32-40(49)2/h3-38H,1-2H3. The first kappa shape index (κ1) is 36.1. The van der Waals surface area contributed by atoms with Gasteiger partial charge < -0.3 is 0 Å². The van der Waals surface area contributed by atoms with E-state index in [4.69, 9.17) is 0 Å². The number of hydrogen-bond donors (Lipinski definition) is 0. The molecule has 0 N–H and O–H groups in total. The lowest BCUT2D eigenvalue weighted by Gasteiger charge is -2.20. The normalized spacial score (nSPS) is 11.7. The number of aryl methyl sites for hydroxylation is 2. The lowest BCUT2D eigenvalue weighted by molar-refractivity contribution is 1.44. The lowest BCUT2D eigenvalue weighted by Crippen LogP contribution is -1.94. The fourth-order valence-electron chi connectivity index (χ4n) is 10.3. The van der Waals surface area contributed by atoms with Crippen LogP contribution in [-0.2, 0) is 0 Å². The zero-order chi connectivity index (χ0) is 41.3. The van der Waals surface area contributed by atoms with Crippen LogP contribution in [0.25, 0.3) is 120 Å². The van der Waals surface area contributed by atoms with Gasteiger partial charge in [-0.3, -0.25) is 0 Å². The SMILES string of the molecule is Cc1cc2c(cc1-c1cc3c(cc1C)c(-c1ccccc1)cc1c4ccccc4c(-c4ccccc4)cc31)c(-c1ccccc1)cc1c3ccccc3c(-c3ccccc3)cc21. The van der Waals surface area contributed by atoms with Gasteiger partial charge in [0.25, 0.3) is 0 Å². The molecule has 0 amide bonds. The van der Waals surface area contributed by atoms with Crippen molar-refractivity contribution in [2.75, 3.05) is 0 Å². The Bertz CT molecular complexity index is 3710. The third-order valence-corrected chi connectivity index (χ3v) is 13.3. The van der Waals surface area contributed by atoms with Gasteiger partial charge in [-0.15, -0.1) is 0 Å². The van der Waals surface area contributed by atoms with Crippen LogP contribution in [0, 0.1) is 13.8 Å². The van der Waals surface area contributed by atoms with Gasteiger partial charge in [-0.1, -0.05) is 182 Å². The second-order valence-corrected chi connectivity index (χ2v) is 16.9. The van der Waals surface area contributed by atoms with Gasteiger partial charge >= 0.3 is 0 Å². The van der Waals surface area contributed by atoms with Crippen molar-refractivity contribution < 1.29 is 0 Å². The van der Waals surface area contributed by atoms with Gasteiger partial charge in [-0.05, 0) is 182 Å². The highest BCUT2D eigenvalue weighted by Gasteiger charge is 2.20. The molecule has 0 saturated heterocycles. The molecule has 0 bridgehead atoms. The molecule has 0 spiro atoms. The molecular weight excluding hydrogens is 745 g/mol. The third kappa shape index (κ3) is 5.75. The highest BCUT2D eigenvalue weighted by molar-refractivity contribution is 6.26. The summed E-state index contributed by atoms with van der Waals surface area (Å²) >= 11 is 0. The Morgan fingerprint density at radius 1 is 0.177 bits per heavy atom. The van der Waals surface area contributed by atoms with Gasteiger partial charge in [-0.2, -0.15) is 0 Å². The van der Waals surface area contributed by atoms with Crippen molar-refractivity contribution in [2.24, 2.45) is 0 Å². The summed E-state index contributed by atoms with van der Waals surface area (Å²) in [4.78, 5) is 0. The second-order valence-electron chi connectivity index (χ2n) is 16.9. The minimum atomic E-state index is 1.22. The van der Waals surface area contributed by atoms with E-state index in [2.05, 4.69) is 232 Å². The predicted octanol–water partition coefficient (Wildman–Crippen LogP) is 17.6. The number of fused-ring (bicyclic) bond motifs is 10. The molecule has 0 radical (unpaired) electrons. The van der Waals surface area contributed by atoms with Crippen molar-refractivity contribution in [1.29, 1.82) is 0 Å². The van der Waals surface area contributed by atoms with E-state index in [1.807, 2.05) is 0 Å². The lowest BCUT2D eigenvalue weighted by atomic mass is 9.83. The van der Waals surface area contributed by atoms with Crippen molar-refractivity contribution in [2.45, 2.75) is 13.8 Å². The van der Waals surface area contributed by atoms with Gasteiger partial charge in [0.2, 0.25) is 0 Å². The zero-order valence-corrected chi connectivity index (χ0v) is 34.8. The van der Waals surface area contributed by atoms with Crippen LogP contribution < -0.4 is 0 Å². The maximum Gasteiger partial charge on any atom is -0.00921 e. The maximum atomic E-state index is 2.50. The molecule has 12 rings (SSSR count). The first-order valence-corrected chi connectivity index (χ1v) is 21.7. The highest BCUT2D eigenvalue weighted by Crippen LogP contribution is 2.47. The average Bonchev–Trinajstić information content (AvgIpc) is 3.33. The predicted molar refractivity (Wildman–Crippen MR) is 268 cm³/mol. The Hall–Kier alpha value is -7.80. The van der Waals surface area contributed by atoms with E-state index in [0.29, 0.717) is 0 Å². The molecule has 0 fully saturated rings. The summed E-state index contributed by atoms with van der Waals surface area (Å²) in [6.07, 6.45) is 0. The molecule has 0 aromatic heterocycles. The van der Waals surface area contributed by atoms with Crippen LogP contribution in [0.5, 0.6) is 0 Å². The van der Waals surface area contributed by atoms with Crippen molar-refractivity contribution >= 4 is 64.6 Å². The van der Waals surface area contributed by atoms with Crippen molar-refractivity contribution in [3.63, 3.8) is 0 Å². The molecule has 0 atom stereocenters. The van der Waals surface area contributed by atoms with Crippen LogP contribution in [0.4, 0.5) is 0 Å². The Morgan fingerprint density at radius 2 is 0.403 bits per heavy atom. The number of rotatable bonds is 5. The van der Waals surface area contributed by atoms with Crippen molar-refractivity contribution in [3.8, 4) is 55.6 Å². The average molecular weight is 787 g/mol. The van der Waals surface area contributed by atoms with Crippen LogP contribution in [0.3, 0.4) is 0 Å². The minimum Gasteiger partial charge on any atom is -0.0622 e. The van der Waals surface area contributed by atoms with Gasteiger partial charge in [0.05, 0.1) is 0 Å². The van der Waals surface area contributed by atoms with Crippen molar-refractivity contribution in [1.82, 2.24) is 0 Å². The summed E-state index contributed by atoms with van der Waals surface area (Å²) in [5.41, 5.74) is 15.0. The molecule has 0 unspecified atom stereocenters. The first-order chi connectivity index (χ1) is 30.6. The van der Waals surface area contributed by atoms with E-state index in [-0.39, 0.29) is 0 Å². The van der Waals surface area contributed by atoms with Crippen LogP contribution >= 0.6 is 0 Å². The summed E-state index contributed by atoms with van der Waals surface area (Å²) in [6, 6.07) is 81.1. The smallest absolute Gasteiger partial charge is 0.00921 e. The monoisotopic (exact) mass is 786 g/mol. The zero-order valence-electron chi connectivity index (χ0n) is 34.8. The Balaban J connectivity index is 1.19. The molecule has 12 aromatic carbocycles. The molecule has 0 heterocycles. The second kappa shape index (κ2) is 14.4. The molecule has 0 aliphatic carbocycles. The fourth-order valence-corrected chi connectivity index (χ4v) is 10.3. The van der Waals surface area contributed by atoms with E-state index in [0.717, 1.165) is 0 Å². The number of benzene rings is 12. The quantitative estimate of drug-likeness (QED) is 0.152. The highest BCUT2D eigenvalue weighted by atomic mass is 14.2. The Labute approximate surface area is 362 Å². The Morgan fingerprint density at radius 3 is 0.790 bits per heavy atom. The topological polar surface area (TPSA) is 0 Å².